The summed E-state index contributed by atoms with van der Waals surface area (Å²) in [5, 5.41) is 4.29. The van der Waals surface area contributed by atoms with E-state index in [-0.39, 0.29) is 56.1 Å². The predicted octanol–water partition coefficient (Wildman–Crippen LogP) is 2.07. The van der Waals surface area contributed by atoms with Gasteiger partial charge in [0.1, 0.15) is 0 Å². The zero-order chi connectivity index (χ0) is 18.2. The first-order valence-corrected chi connectivity index (χ1v) is 8.73. The third-order valence-corrected chi connectivity index (χ3v) is 4.95. The zero-order valence-electron chi connectivity index (χ0n) is 14.6. The molecule has 0 bridgehead atoms. The van der Waals surface area contributed by atoms with Crippen LogP contribution in [0.2, 0.25) is 0 Å². The van der Waals surface area contributed by atoms with E-state index in [9.17, 15) is 18.4 Å². The summed E-state index contributed by atoms with van der Waals surface area (Å²) in [5.74, 6) is -2.89. The van der Waals surface area contributed by atoms with Crippen LogP contribution in [0.5, 0.6) is 0 Å². The number of hydrogen-bond acceptors (Lipinski definition) is 3. The van der Waals surface area contributed by atoms with E-state index >= 15 is 0 Å². The first-order chi connectivity index (χ1) is 11.8. The van der Waals surface area contributed by atoms with E-state index < -0.39 is 5.92 Å². The highest BCUT2D eigenvalue weighted by molar-refractivity contribution is 5.79. The number of nitrogens with zero attached hydrogens (tertiary/aromatic N) is 4. The fraction of sp³-hybridized carbons (Fsp3) is 0.706. The summed E-state index contributed by atoms with van der Waals surface area (Å²) >= 11 is 0. The van der Waals surface area contributed by atoms with Crippen LogP contribution >= 0.6 is 0 Å². The monoisotopic (exact) mass is 354 g/mol. The van der Waals surface area contributed by atoms with Crippen LogP contribution in [0.3, 0.4) is 0 Å². The number of hydrogen-bond donors (Lipinski definition) is 0. The lowest BCUT2D eigenvalue weighted by molar-refractivity contribution is -0.141. The Hall–Kier alpha value is -1.99. The van der Waals surface area contributed by atoms with Crippen molar-refractivity contribution in [1.82, 2.24) is 19.6 Å². The van der Waals surface area contributed by atoms with Crippen molar-refractivity contribution < 1.29 is 18.4 Å². The molecule has 2 amide bonds. The molecule has 1 aromatic heterocycles. The number of piperidine rings is 1. The van der Waals surface area contributed by atoms with E-state index in [0.29, 0.717) is 13.1 Å². The van der Waals surface area contributed by atoms with E-state index in [1.165, 1.54) is 4.90 Å². The minimum Gasteiger partial charge on any atom is -0.342 e. The van der Waals surface area contributed by atoms with Gasteiger partial charge in [-0.25, -0.2) is 8.78 Å². The van der Waals surface area contributed by atoms with Crippen molar-refractivity contribution in [3.63, 3.8) is 0 Å². The Kier molecular flexibility index (Phi) is 4.79. The average molecular weight is 354 g/mol. The summed E-state index contributed by atoms with van der Waals surface area (Å²) in [4.78, 5) is 28.2. The minimum absolute atomic E-state index is 0.0440. The van der Waals surface area contributed by atoms with Crippen LogP contribution in [0.4, 0.5) is 8.78 Å². The van der Waals surface area contributed by atoms with E-state index in [4.69, 9.17) is 0 Å². The minimum atomic E-state index is -2.67. The van der Waals surface area contributed by atoms with Gasteiger partial charge in [-0.1, -0.05) is 13.8 Å². The summed E-state index contributed by atoms with van der Waals surface area (Å²) in [6, 6.07) is 1.59. The van der Waals surface area contributed by atoms with E-state index in [0.717, 1.165) is 5.69 Å². The molecular weight excluding hydrogens is 330 g/mol. The number of amides is 2. The molecule has 3 rings (SSSR count). The van der Waals surface area contributed by atoms with Gasteiger partial charge in [-0.2, -0.15) is 5.10 Å². The largest absolute Gasteiger partial charge is 0.342 e. The van der Waals surface area contributed by atoms with Gasteiger partial charge in [0, 0.05) is 44.6 Å². The van der Waals surface area contributed by atoms with Gasteiger partial charge in [0.05, 0.1) is 24.7 Å². The summed E-state index contributed by atoms with van der Waals surface area (Å²) in [7, 11) is 0. The maximum atomic E-state index is 13.3. The molecule has 0 radical (unpaired) electrons. The van der Waals surface area contributed by atoms with Crippen LogP contribution in [0, 0.1) is 5.92 Å². The van der Waals surface area contributed by atoms with Crippen molar-refractivity contribution in [2.24, 2.45) is 5.92 Å². The van der Waals surface area contributed by atoms with Gasteiger partial charge in [-0.05, 0) is 6.07 Å². The second-order valence-electron chi connectivity index (χ2n) is 7.24. The van der Waals surface area contributed by atoms with Crippen molar-refractivity contribution >= 4 is 11.8 Å². The summed E-state index contributed by atoms with van der Waals surface area (Å²) in [6.07, 6.45) is 1.27. The third kappa shape index (κ3) is 3.82. The first kappa shape index (κ1) is 17.8. The summed E-state index contributed by atoms with van der Waals surface area (Å²) in [5.41, 5.74) is 0.892. The van der Waals surface area contributed by atoms with Crippen molar-refractivity contribution in [3.05, 3.63) is 18.0 Å². The fourth-order valence-electron chi connectivity index (χ4n) is 3.49. The number of halogens is 2. The van der Waals surface area contributed by atoms with Crippen molar-refractivity contribution in [2.45, 2.75) is 51.6 Å². The fourth-order valence-corrected chi connectivity index (χ4v) is 3.49. The Bertz CT molecular complexity index is 649. The van der Waals surface area contributed by atoms with Crippen molar-refractivity contribution in [3.8, 4) is 0 Å². The van der Waals surface area contributed by atoms with Gasteiger partial charge in [0.15, 0.2) is 0 Å². The van der Waals surface area contributed by atoms with Gasteiger partial charge in [0.25, 0.3) is 5.92 Å². The molecule has 0 N–H and O–H groups in total. The number of rotatable bonds is 3. The molecule has 2 aliphatic heterocycles. The molecule has 25 heavy (non-hydrogen) atoms. The smallest absolute Gasteiger partial charge is 0.251 e. The number of carbonyl (C=O) groups is 2. The Morgan fingerprint density at radius 2 is 1.96 bits per heavy atom. The molecule has 138 valence electrons. The topological polar surface area (TPSA) is 58.4 Å². The van der Waals surface area contributed by atoms with Gasteiger partial charge in [-0.3, -0.25) is 14.3 Å². The summed E-state index contributed by atoms with van der Waals surface area (Å²) < 4.78 is 28.3. The number of alkyl halides is 2. The van der Waals surface area contributed by atoms with Gasteiger partial charge in [-0.15, -0.1) is 0 Å². The molecule has 0 aromatic carbocycles. The predicted molar refractivity (Wildman–Crippen MR) is 86.9 cm³/mol. The maximum Gasteiger partial charge on any atom is 0.251 e. The van der Waals surface area contributed by atoms with E-state index in [1.54, 1.807) is 15.8 Å². The van der Waals surface area contributed by atoms with Gasteiger partial charge < -0.3 is 9.80 Å². The lowest BCUT2D eigenvalue weighted by atomic mass is 10.0. The molecule has 0 unspecified atom stereocenters. The van der Waals surface area contributed by atoms with E-state index in [1.807, 2.05) is 19.9 Å². The van der Waals surface area contributed by atoms with Crippen molar-refractivity contribution in [2.75, 3.05) is 19.6 Å². The quantitative estimate of drug-likeness (QED) is 0.835. The standard InChI is InChI=1S/C17H24F2N4O2/c1-12(2)16(25)22-10-13-3-6-20-23(13)14(11-22)9-15(24)21-7-4-17(18,19)5-8-21/h3,6,12,14H,4-5,7-11H2,1-2H3/t14-/m1/s1. The molecule has 1 aromatic rings. The highest BCUT2D eigenvalue weighted by atomic mass is 19.3. The molecule has 0 saturated carbocycles. The molecule has 2 aliphatic rings. The highest BCUT2D eigenvalue weighted by Gasteiger charge is 2.37. The van der Waals surface area contributed by atoms with Crippen LogP contribution in [-0.2, 0) is 16.1 Å². The zero-order valence-corrected chi connectivity index (χ0v) is 14.6. The van der Waals surface area contributed by atoms with Crippen LogP contribution in [-0.4, -0.2) is 57.0 Å². The molecule has 0 aliphatic carbocycles. The number of fused-ring (bicyclic) bond motifs is 1. The number of carbonyl (C=O) groups excluding carboxylic acids is 2. The average Bonchev–Trinajstić information content (AvgIpc) is 3.02. The SMILES string of the molecule is CC(C)C(=O)N1Cc2ccnn2[C@H](CC(=O)N2CCC(F)(F)CC2)C1. The lowest BCUT2D eigenvalue weighted by Crippen LogP contribution is -2.46. The Morgan fingerprint density at radius 3 is 2.60 bits per heavy atom. The molecule has 1 atom stereocenters. The molecule has 8 heteroatoms. The second kappa shape index (κ2) is 6.72. The molecular formula is C17H24F2N4O2. The molecule has 6 nitrogen and oxygen atoms in total. The van der Waals surface area contributed by atoms with E-state index in [2.05, 4.69) is 5.10 Å². The highest BCUT2D eigenvalue weighted by Crippen LogP contribution is 2.29. The molecule has 1 fully saturated rings. The van der Waals surface area contributed by atoms with Crippen LogP contribution in [0.25, 0.3) is 0 Å². The Morgan fingerprint density at radius 1 is 1.28 bits per heavy atom. The maximum absolute atomic E-state index is 13.3. The lowest BCUT2D eigenvalue weighted by Gasteiger charge is -2.36. The van der Waals surface area contributed by atoms with Gasteiger partial charge in [0.2, 0.25) is 11.8 Å². The molecule has 1 saturated heterocycles. The first-order valence-electron chi connectivity index (χ1n) is 8.73. The van der Waals surface area contributed by atoms with Crippen LogP contribution < -0.4 is 0 Å². The molecule has 3 heterocycles. The number of aromatic nitrogens is 2. The third-order valence-electron chi connectivity index (χ3n) is 4.95. The number of likely N-dealkylation sites (tertiary alicyclic amines) is 1. The van der Waals surface area contributed by atoms with Crippen LogP contribution in [0.15, 0.2) is 12.3 Å². The summed E-state index contributed by atoms with van der Waals surface area (Å²) in [6.45, 7) is 4.77. The van der Waals surface area contributed by atoms with Crippen molar-refractivity contribution in [1.29, 1.82) is 0 Å². The second-order valence-corrected chi connectivity index (χ2v) is 7.24. The Balaban J connectivity index is 1.69. The molecule has 0 spiro atoms. The normalized spacial score (nSPS) is 22.8. The van der Waals surface area contributed by atoms with Crippen LogP contribution in [0.1, 0.15) is 44.8 Å². The Labute approximate surface area is 145 Å². The van der Waals surface area contributed by atoms with Gasteiger partial charge >= 0.3 is 0 Å².